The second-order valence-corrected chi connectivity index (χ2v) is 6.89. The van der Waals surface area contributed by atoms with Crippen molar-refractivity contribution in [2.75, 3.05) is 60.0 Å². The molecule has 3 amide bonds. The van der Waals surface area contributed by atoms with Crippen LogP contribution in [-0.2, 0) is 9.53 Å². The van der Waals surface area contributed by atoms with Gasteiger partial charge < -0.3 is 24.8 Å². The van der Waals surface area contributed by atoms with Crippen LogP contribution in [0.4, 0.5) is 4.79 Å². The lowest BCUT2D eigenvalue weighted by atomic mass is 9.75. The van der Waals surface area contributed by atoms with Gasteiger partial charge in [0.2, 0.25) is 5.91 Å². The van der Waals surface area contributed by atoms with E-state index in [1.807, 2.05) is 9.80 Å². The van der Waals surface area contributed by atoms with Gasteiger partial charge in [-0.3, -0.25) is 4.79 Å². The van der Waals surface area contributed by atoms with Crippen LogP contribution < -0.4 is 5.32 Å². The molecule has 23 heavy (non-hydrogen) atoms. The number of fused-ring (bicyclic) bond motifs is 1. The van der Waals surface area contributed by atoms with Gasteiger partial charge in [0.15, 0.2) is 0 Å². The number of likely N-dealkylation sites (tertiary alicyclic amines) is 2. The number of carbonyl (C=O) groups excluding carboxylic acids is 2. The van der Waals surface area contributed by atoms with Crippen LogP contribution in [0.3, 0.4) is 0 Å². The number of urea groups is 1. The van der Waals surface area contributed by atoms with Crippen molar-refractivity contribution < 1.29 is 14.3 Å². The Morgan fingerprint density at radius 1 is 1.04 bits per heavy atom. The Morgan fingerprint density at radius 3 is 2.43 bits per heavy atom. The molecule has 3 saturated heterocycles. The Hall–Kier alpha value is -1.34. The standard InChI is InChI=1S/C16H28N4O3/c1-17-15(22)20-6-3-13-16(5-8-20,4-7-18(13)2)14(21)19-9-11-23-12-10-19/h13H,3-12H2,1-2H3,(H,17,22)/t13-,16-/m1/s1. The van der Waals surface area contributed by atoms with Crippen LogP contribution in [-0.4, -0.2) is 92.7 Å². The summed E-state index contributed by atoms with van der Waals surface area (Å²) in [4.78, 5) is 31.4. The predicted molar refractivity (Wildman–Crippen MR) is 86.1 cm³/mol. The molecule has 0 spiro atoms. The summed E-state index contributed by atoms with van der Waals surface area (Å²) in [5.74, 6) is 0.272. The van der Waals surface area contributed by atoms with Crippen LogP contribution in [0.2, 0.25) is 0 Å². The van der Waals surface area contributed by atoms with Gasteiger partial charge in [0.1, 0.15) is 0 Å². The van der Waals surface area contributed by atoms with Crippen LogP contribution >= 0.6 is 0 Å². The number of carbonyl (C=O) groups is 2. The molecule has 0 saturated carbocycles. The van der Waals surface area contributed by atoms with E-state index < -0.39 is 0 Å². The van der Waals surface area contributed by atoms with Crippen molar-refractivity contribution in [1.82, 2.24) is 20.0 Å². The van der Waals surface area contributed by atoms with Crippen molar-refractivity contribution in [3.05, 3.63) is 0 Å². The van der Waals surface area contributed by atoms with Gasteiger partial charge in [-0.1, -0.05) is 0 Å². The summed E-state index contributed by atoms with van der Waals surface area (Å²) in [6.45, 7) is 4.97. The topological polar surface area (TPSA) is 65.1 Å². The predicted octanol–water partition coefficient (Wildman–Crippen LogP) is -0.0291. The first-order valence-corrected chi connectivity index (χ1v) is 8.62. The molecular formula is C16H28N4O3. The largest absolute Gasteiger partial charge is 0.378 e. The van der Waals surface area contributed by atoms with Crippen LogP contribution in [0.5, 0.6) is 0 Å². The smallest absolute Gasteiger partial charge is 0.317 e. The Kier molecular flexibility index (Phi) is 4.77. The number of rotatable bonds is 1. The number of amides is 3. The van der Waals surface area contributed by atoms with E-state index in [1.54, 1.807) is 7.05 Å². The van der Waals surface area contributed by atoms with Gasteiger partial charge in [0, 0.05) is 39.3 Å². The normalized spacial score (nSPS) is 32.3. The van der Waals surface area contributed by atoms with Gasteiger partial charge in [0.25, 0.3) is 0 Å². The third kappa shape index (κ3) is 2.92. The molecule has 3 heterocycles. The highest BCUT2D eigenvalue weighted by Crippen LogP contribution is 2.44. The van der Waals surface area contributed by atoms with Gasteiger partial charge in [-0.25, -0.2) is 4.79 Å². The molecule has 1 N–H and O–H groups in total. The Labute approximate surface area is 137 Å². The summed E-state index contributed by atoms with van der Waals surface area (Å²) in [7, 11) is 3.77. The molecule has 130 valence electrons. The molecule has 0 bridgehead atoms. The Balaban J connectivity index is 1.81. The highest BCUT2D eigenvalue weighted by molar-refractivity contribution is 5.84. The van der Waals surface area contributed by atoms with E-state index >= 15 is 0 Å². The molecule has 7 nitrogen and oxygen atoms in total. The van der Waals surface area contributed by atoms with E-state index in [1.165, 1.54) is 0 Å². The molecule has 3 aliphatic rings. The summed E-state index contributed by atoms with van der Waals surface area (Å²) in [6.07, 6.45) is 2.51. The fourth-order valence-corrected chi connectivity index (χ4v) is 4.43. The van der Waals surface area contributed by atoms with Crippen LogP contribution in [0, 0.1) is 5.41 Å². The van der Waals surface area contributed by atoms with Crippen LogP contribution in [0.1, 0.15) is 19.3 Å². The van der Waals surface area contributed by atoms with Gasteiger partial charge in [-0.05, 0) is 32.9 Å². The van der Waals surface area contributed by atoms with Gasteiger partial charge >= 0.3 is 6.03 Å². The molecular weight excluding hydrogens is 296 g/mol. The van der Waals surface area contributed by atoms with Crippen molar-refractivity contribution in [1.29, 1.82) is 0 Å². The van der Waals surface area contributed by atoms with E-state index in [0.717, 1.165) is 25.8 Å². The number of hydrogen-bond acceptors (Lipinski definition) is 4. The second kappa shape index (κ2) is 6.65. The highest BCUT2D eigenvalue weighted by Gasteiger charge is 2.53. The molecule has 3 fully saturated rings. The minimum Gasteiger partial charge on any atom is -0.378 e. The quantitative estimate of drug-likeness (QED) is 0.736. The van der Waals surface area contributed by atoms with Crippen molar-refractivity contribution in [2.45, 2.75) is 25.3 Å². The molecule has 7 heteroatoms. The van der Waals surface area contributed by atoms with Crippen molar-refractivity contribution in [3.63, 3.8) is 0 Å². The van der Waals surface area contributed by atoms with Gasteiger partial charge in [-0.2, -0.15) is 0 Å². The van der Waals surface area contributed by atoms with Crippen molar-refractivity contribution in [3.8, 4) is 0 Å². The number of ether oxygens (including phenoxy) is 1. The number of hydrogen-bond donors (Lipinski definition) is 1. The van der Waals surface area contributed by atoms with Crippen molar-refractivity contribution in [2.24, 2.45) is 5.41 Å². The van der Waals surface area contributed by atoms with E-state index in [-0.39, 0.29) is 23.4 Å². The summed E-state index contributed by atoms with van der Waals surface area (Å²) < 4.78 is 5.39. The minimum absolute atomic E-state index is 0.0402. The Bertz CT molecular complexity index is 466. The van der Waals surface area contributed by atoms with E-state index in [4.69, 9.17) is 4.74 Å². The number of nitrogens with one attached hydrogen (secondary N) is 1. The first-order valence-electron chi connectivity index (χ1n) is 8.62. The maximum absolute atomic E-state index is 13.3. The minimum atomic E-state index is -0.338. The van der Waals surface area contributed by atoms with Gasteiger partial charge in [0.05, 0.1) is 18.6 Å². The van der Waals surface area contributed by atoms with Crippen LogP contribution in [0.25, 0.3) is 0 Å². The molecule has 0 radical (unpaired) electrons. The maximum Gasteiger partial charge on any atom is 0.317 e. The zero-order valence-electron chi connectivity index (χ0n) is 14.2. The highest BCUT2D eigenvalue weighted by atomic mass is 16.5. The number of nitrogens with zero attached hydrogens (tertiary/aromatic N) is 3. The summed E-state index contributed by atoms with van der Waals surface area (Å²) in [5, 5.41) is 2.71. The molecule has 2 atom stereocenters. The monoisotopic (exact) mass is 324 g/mol. The fraction of sp³-hybridized carbons (Fsp3) is 0.875. The third-order valence-corrected chi connectivity index (χ3v) is 5.81. The van der Waals surface area contributed by atoms with E-state index in [9.17, 15) is 9.59 Å². The first-order chi connectivity index (χ1) is 11.1. The van der Waals surface area contributed by atoms with E-state index in [2.05, 4.69) is 17.3 Å². The number of morpholine rings is 1. The van der Waals surface area contributed by atoms with E-state index in [0.29, 0.717) is 39.4 Å². The molecule has 0 aliphatic carbocycles. The lowest BCUT2D eigenvalue weighted by molar-refractivity contribution is -0.148. The lowest BCUT2D eigenvalue weighted by Crippen LogP contribution is -2.53. The molecule has 0 aromatic rings. The summed E-state index contributed by atoms with van der Waals surface area (Å²) >= 11 is 0. The molecule has 3 aliphatic heterocycles. The molecule has 0 unspecified atom stereocenters. The van der Waals surface area contributed by atoms with Gasteiger partial charge in [-0.15, -0.1) is 0 Å². The average molecular weight is 324 g/mol. The zero-order chi connectivity index (χ0) is 16.4. The first kappa shape index (κ1) is 16.5. The lowest BCUT2D eigenvalue weighted by Gasteiger charge is -2.39. The summed E-state index contributed by atoms with van der Waals surface area (Å²) in [5.41, 5.74) is -0.338. The zero-order valence-corrected chi connectivity index (χ0v) is 14.2. The fourth-order valence-electron chi connectivity index (χ4n) is 4.43. The van der Waals surface area contributed by atoms with Crippen LogP contribution in [0.15, 0.2) is 0 Å². The SMILES string of the molecule is CNC(=O)N1CC[C@H]2N(C)CC[C@@]2(C(=O)N2CCOCC2)CC1. The average Bonchev–Trinajstić information content (AvgIpc) is 2.80. The van der Waals surface area contributed by atoms with Crippen molar-refractivity contribution >= 4 is 11.9 Å². The summed E-state index contributed by atoms with van der Waals surface area (Å²) in [6, 6.07) is 0.189. The Morgan fingerprint density at radius 2 is 1.74 bits per heavy atom. The second-order valence-electron chi connectivity index (χ2n) is 6.89. The third-order valence-electron chi connectivity index (χ3n) is 5.81. The maximum atomic E-state index is 13.3. The molecule has 0 aromatic heterocycles. The molecule has 0 aromatic carbocycles. The molecule has 3 rings (SSSR count).